The van der Waals surface area contributed by atoms with Crippen molar-refractivity contribution >= 4 is 11.9 Å². The van der Waals surface area contributed by atoms with Crippen LogP contribution in [0.3, 0.4) is 0 Å². The number of alkyl halides is 2. The lowest BCUT2D eigenvalue weighted by atomic mass is 9.98. The lowest BCUT2D eigenvalue weighted by Gasteiger charge is -2.20. The first-order valence-corrected chi connectivity index (χ1v) is 7.69. The predicted molar refractivity (Wildman–Crippen MR) is 81.1 cm³/mol. The van der Waals surface area contributed by atoms with E-state index in [2.05, 4.69) is 5.32 Å². The standard InChI is InChI=1S/C17H20F3NO3/c1-16(2,3)24-15(23)21-9-11-5-4-6-12(13(11)18)17(19,20)14(22)10-7-8-10/h4-6,10H,7-9H2,1-3H3,(H,21,23). The molecule has 0 aliphatic heterocycles. The number of carbonyl (C=O) groups is 2. The SMILES string of the molecule is CC(C)(C)OC(=O)NCc1cccc(C(F)(F)C(=O)C2CC2)c1F. The summed E-state index contributed by atoms with van der Waals surface area (Å²) in [5, 5.41) is 2.31. The number of amides is 1. The van der Waals surface area contributed by atoms with Gasteiger partial charge in [0.1, 0.15) is 11.4 Å². The monoisotopic (exact) mass is 343 g/mol. The predicted octanol–water partition coefficient (Wildman–Crippen LogP) is 3.92. The van der Waals surface area contributed by atoms with E-state index >= 15 is 0 Å². The van der Waals surface area contributed by atoms with Gasteiger partial charge in [-0.25, -0.2) is 9.18 Å². The highest BCUT2D eigenvalue weighted by Gasteiger charge is 2.49. The molecule has 1 amide bonds. The third-order valence-corrected chi connectivity index (χ3v) is 3.50. The molecule has 0 aromatic heterocycles. The van der Waals surface area contributed by atoms with Gasteiger partial charge in [-0.05, 0) is 39.7 Å². The molecule has 0 unspecified atom stereocenters. The Morgan fingerprint density at radius 1 is 1.25 bits per heavy atom. The maximum absolute atomic E-state index is 14.4. The first-order valence-electron chi connectivity index (χ1n) is 7.69. The van der Waals surface area contributed by atoms with Gasteiger partial charge in [0.15, 0.2) is 0 Å². The van der Waals surface area contributed by atoms with Gasteiger partial charge in [0.05, 0.1) is 5.56 Å². The lowest BCUT2D eigenvalue weighted by molar-refractivity contribution is -0.146. The van der Waals surface area contributed by atoms with Gasteiger partial charge >= 0.3 is 12.0 Å². The van der Waals surface area contributed by atoms with Crippen LogP contribution in [0.1, 0.15) is 44.7 Å². The number of halogens is 3. The number of alkyl carbamates (subject to hydrolysis) is 1. The molecule has 1 fully saturated rings. The minimum absolute atomic E-state index is 0.137. The zero-order valence-corrected chi connectivity index (χ0v) is 13.8. The Hall–Kier alpha value is -2.05. The zero-order valence-electron chi connectivity index (χ0n) is 13.8. The molecule has 2 rings (SSSR count). The van der Waals surface area contributed by atoms with Crippen molar-refractivity contribution < 1.29 is 27.5 Å². The van der Waals surface area contributed by atoms with Crippen molar-refractivity contribution in [2.75, 3.05) is 0 Å². The number of carbonyl (C=O) groups excluding carboxylic acids is 2. The summed E-state index contributed by atoms with van der Waals surface area (Å²) in [4.78, 5) is 23.3. The van der Waals surface area contributed by atoms with Gasteiger partial charge in [0.25, 0.3) is 0 Å². The molecule has 1 aliphatic rings. The van der Waals surface area contributed by atoms with E-state index in [4.69, 9.17) is 4.74 Å². The third-order valence-electron chi connectivity index (χ3n) is 3.50. The molecular formula is C17H20F3NO3. The molecule has 1 aromatic carbocycles. The fourth-order valence-corrected chi connectivity index (χ4v) is 2.18. The summed E-state index contributed by atoms with van der Waals surface area (Å²) in [7, 11) is 0. The molecule has 1 saturated carbocycles. The molecule has 4 nitrogen and oxygen atoms in total. The minimum atomic E-state index is -3.87. The van der Waals surface area contributed by atoms with Crippen molar-refractivity contribution in [3.63, 3.8) is 0 Å². The topological polar surface area (TPSA) is 55.4 Å². The molecule has 1 N–H and O–H groups in total. The quantitative estimate of drug-likeness (QED) is 0.881. The fourth-order valence-electron chi connectivity index (χ4n) is 2.18. The van der Waals surface area contributed by atoms with Crippen molar-refractivity contribution in [3.05, 3.63) is 35.1 Å². The normalized spacial score (nSPS) is 15.1. The summed E-state index contributed by atoms with van der Waals surface area (Å²) >= 11 is 0. The highest BCUT2D eigenvalue weighted by Crippen LogP contribution is 2.41. The van der Waals surface area contributed by atoms with E-state index in [0.717, 1.165) is 6.07 Å². The van der Waals surface area contributed by atoms with Gasteiger partial charge < -0.3 is 10.1 Å². The average molecular weight is 343 g/mol. The third kappa shape index (κ3) is 4.27. The summed E-state index contributed by atoms with van der Waals surface area (Å²) in [5.41, 5.74) is -1.82. The lowest BCUT2D eigenvalue weighted by Crippen LogP contribution is -2.33. The maximum Gasteiger partial charge on any atom is 0.407 e. The molecule has 7 heteroatoms. The van der Waals surface area contributed by atoms with Crippen LogP contribution in [0.2, 0.25) is 0 Å². The van der Waals surface area contributed by atoms with E-state index < -0.39 is 40.7 Å². The second-order valence-corrected chi connectivity index (χ2v) is 6.85. The van der Waals surface area contributed by atoms with Crippen LogP contribution in [0.15, 0.2) is 18.2 Å². The minimum Gasteiger partial charge on any atom is -0.444 e. The van der Waals surface area contributed by atoms with Crippen molar-refractivity contribution in [2.45, 2.75) is 51.7 Å². The van der Waals surface area contributed by atoms with Crippen molar-refractivity contribution in [1.29, 1.82) is 0 Å². The number of Topliss-reactive ketones (excluding diaryl/α,β-unsaturated/α-hetero) is 1. The number of ether oxygens (including phenoxy) is 1. The van der Waals surface area contributed by atoms with E-state index in [1.165, 1.54) is 12.1 Å². The first kappa shape index (κ1) is 18.3. The summed E-state index contributed by atoms with van der Waals surface area (Å²) < 4.78 is 47.8. The van der Waals surface area contributed by atoms with Crippen LogP contribution < -0.4 is 5.32 Å². The van der Waals surface area contributed by atoms with E-state index in [9.17, 15) is 22.8 Å². The Bertz CT molecular complexity index is 649. The van der Waals surface area contributed by atoms with Crippen LogP contribution in [0.4, 0.5) is 18.0 Å². The maximum atomic E-state index is 14.4. The highest BCUT2D eigenvalue weighted by atomic mass is 19.3. The van der Waals surface area contributed by atoms with Crippen LogP contribution >= 0.6 is 0 Å². The molecule has 0 radical (unpaired) electrons. The molecule has 0 atom stereocenters. The summed E-state index contributed by atoms with van der Waals surface area (Å²) in [6.45, 7) is 4.68. The second-order valence-electron chi connectivity index (χ2n) is 6.85. The molecule has 0 spiro atoms. The summed E-state index contributed by atoms with van der Waals surface area (Å²) in [6, 6.07) is 3.40. The smallest absolute Gasteiger partial charge is 0.407 e. The number of benzene rings is 1. The number of rotatable bonds is 5. The molecular weight excluding hydrogens is 323 g/mol. The molecule has 0 bridgehead atoms. The van der Waals surface area contributed by atoms with Crippen molar-refractivity contribution in [3.8, 4) is 0 Å². The largest absolute Gasteiger partial charge is 0.444 e. The molecule has 24 heavy (non-hydrogen) atoms. The van der Waals surface area contributed by atoms with Crippen molar-refractivity contribution in [1.82, 2.24) is 5.32 Å². The van der Waals surface area contributed by atoms with E-state index in [0.29, 0.717) is 12.8 Å². The molecule has 1 aliphatic carbocycles. The van der Waals surface area contributed by atoms with Gasteiger partial charge in [-0.3, -0.25) is 4.79 Å². The number of hydrogen-bond donors (Lipinski definition) is 1. The number of nitrogens with one attached hydrogen (secondary N) is 1. The van der Waals surface area contributed by atoms with Gasteiger partial charge in [-0.1, -0.05) is 12.1 Å². The van der Waals surface area contributed by atoms with Crippen LogP contribution in [0.25, 0.3) is 0 Å². The van der Waals surface area contributed by atoms with Crippen LogP contribution in [-0.4, -0.2) is 17.5 Å². The Morgan fingerprint density at radius 3 is 2.42 bits per heavy atom. The molecule has 1 aromatic rings. The first-order chi connectivity index (χ1) is 11.0. The van der Waals surface area contributed by atoms with Crippen LogP contribution in [0.5, 0.6) is 0 Å². The van der Waals surface area contributed by atoms with E-state index in [1.54, 1.807) is 20.8 Å². The van der Waals surface area contributed by atoms with Gasteiger partial charge in [0.2, 0.25) is 5.78 Å². The number of ketones is 1. The highest BCUT2D eigenvalue weighted by molar-refractivity contribution is 5.90. The summed E-state index contributed by atoms with van der Waals surface area (Å²) in [5.74, 6) is -7.00. The van der Waals surface area contributed by atoms with E-state index in [-0.39, 0.29) is 12.1 Å². The zero-order chi connectivity index (χ0) is 18.1. The fraction of sp³-hybridized carbons (Fsp3) is 0.529. The summed E-state index contributed by atoms with van der Waals surface area (Å²) in [6.07, 6.45) is 0.0411. The second kappa shape index (κ2) is 6.45. The Labute approximate surface area is 138 Å². The van der Waals surface area contributed by atoms with Gasteiger partial charge in [0, 0.05) is 18.0 Å². The Morgan fingerprint density at radius 2 is 1.88 bits per heavy atom. The van der Waals surface area contributed by atoms with Gasteiger partial charge in [-0.15, -0.1) is 0 Å². The van der Waals surface area contributed by atoms with Crippen LogP contribution in [0, 0.1) is 11.7 Å². The Kier molecular flexibility index (Phi) is 4.92. The van der Waals surface area contributed by atoms with Crippen molar-refractivity contribution in [2.24, 2.45) is 5.92 Å². The van der Waals surface area contributed by atoms with Crippen LogP contribution in [-0.2, 0) is 22.0 Å². The molecule has 0 heterocycles. The molecule has 0 saturated heterocycles. The average Bonchev–Trinajstić information content (AvgIpc) is 3.27. The van der Waals surface area contributed by atoms with E-state index in [1.807, 2.05) is 0 Å². The Balaban J connectivity index is 2.13. The molecule has 132 valence electrons. The van der Waals surface area contributed by atoms with Gasteiger partial charge in [-0.2, -0.15) is 8.78 Å². The number of hydrogen-bond acceptors (Lipinski definition) is 3.